The summed E-state index contributed by atoms with van der Waals surface area (Å²) in [6.07, 6.45) is 2.69. The molecule has 0 aromatic carbocycles. The summed E-state index contributed by atoms with van der Waals surface area (Å²) >= 11 is 11.8. The Bertz CT molecular complexity index is 485. The molecule has 0 aliphatic carbocycles. The number of anilines is 1. The van der Waals surface area contributed by atoms with Crippen molar-refractivity contribution in [2.24, 2.45) is 11.8 Å². The van der Waals surface area contributed by atoms with E-state index in [-0.39, 0.29) is 5.91 Å². The zero-order valence-electron chi connectivity index (χ0n) is 11.7. The third-order valence-corrected chi connectivity index (χ3v) is 3.87. The molecule has 0 unspecified atom stereocenters. The van der Waals surface area contributed by atoms with Gasteiger partial charge in [0.1, 0.15) is 0 Å². The topological polar surface area (TPSA) is 45.2 Å². The number of carbonyl (C=O) groups excluding carboxylic acids is 1. The summed E-state index contributed by atoms with van der Waals surface area (Å²) in [5.74, 6) is 1.52. The summed E-state index contributed by atoms with van der Waals surface area (Å²) in [7, 11) is 0. The van der Waals surface area contributed by atoms with Gasteiger partial charge in [0, 0.05) is 19.3 Å². The van der Waals surface area contributed by atoms with Crippen molar-refractivity contribution in [1.82, 2.24) is 9.88 Å². The first-order chi connectivity index (χ1) is 9.44. The number of piperidine rings is 1. The molecule has 1 aromatic rings. The van der Waals surface area contributed by atoms with Gasteiger partial charge in [-0.1, -0.05) is 37.0 Å². The predicted molar refractivity (Wildman–Crippen MR) is 82.3 cm³/mol. The van der Waals surface area contributed by atoms with E-state index in [1.807, 2.05) is 0 Å². The lowest BCUT2D eigenvalue weighted by atomic mass is 9.92. The first-order valence-electron chi connectivity index (χ1n) is 6.77. The molecule has 1 N–H and O–H groups in total. The minimum Gasteiger partial charge on any atom is -0.308 e. The third kappa shape index (κ3) is 4.33. The van der Waals surface area contributed by atoms with Crippen LogP contribution in [-0.4, -0.2) is 35.4 Å². The van der Waals surface area contributed by atoms with E-state index in [1.165, 1.54) is 12.6 Å². The first-order valence-corrected chi connectivity index (χ1v) is 7.53. The van der Waals surface area contributed by atoms with Crippen molar-refractivity contribution in [3.8, 4) is 0 Å². The lowest BCUT2D eigenvalue weighted by Gasteiger charge is -2.34. The van der Waals surface area contributed by atoms with E-state index >= 15 is 0 Å². The number of amides is 1. The molecule has 1 amide bonds. The Balaban J connectivity index is 1.92. The van der Waals surface area contributed by atoms with Gasteiger partial charge in [-0.05, 0) is 24.3 Å². The van der Waals surface area contributed by atoms with Gasteiger partial charge in [-0.2, -0.15) is 0 Å². The maximum atomic E-state index is 12.0. The van der Waals surface area contributed by atoms with Crippen molar-refractivity contribution in [1.29, 1.82) is 0 Å². The Labute approximate surface area is 129 Å². The Morgan fingerprint density at radius 2 is 2.05 bits per heavy atom. The molecule has 4 nitrogen and oxygen atoms in total. The molecule has 0 saturated carbocycles. The molecule has 1 aliphatic rings. The molecule has 0 radical (unpaired) electrons. The normalized spacial score (nSPS) is 23.6. The second-order valence-corrected chi connectivity index (χ2v) is 6.52. The van der Waals surface area contributed by atoms with Crippen LogP contribution in [0.15, 0.2) is 12.3 Å². The Morgan fingerprint density at radius 1 is 1.40 bits per heavy atom. The van der Waals surface area contributed by atoms with Crippen molar-refractivity contribution >= 4 is 34.9 Å². The molecule has 1 aromatic heterocycles. The van der Waals surface area contributed by atoms with E-state index in [2.05, 4.69) is 29.0 Å². The predicted octanol–water partition coefficient (Wildman–Crippen LogP) is 3.30. The monoisotopic (exact) mass is 315 g/mol. The van der Waals surface area contributed by atoms with Gasteiger partial charge in [-0.15, -0.1) is 0 Å². The fourth-order valence-electron chi connectivity index (χ4n) is 2.80. The maximum absolute atomic E-state index is 12.0. The van der Waals surface area contributed by atoms with E-state index < -0.39 is 0 Å². The van der Waals surface area contributed by atoms with Crippen LogP contribution in [0.5, 0.6) is 0 Å². The quantitative estimate of drug-likeness (QED) is 0.930. The Hall–Kier alpha value is -0.840. The summed E-state index contributed by atoms with van der Waals surface area (Å²) < 4.78 is 0. The molecule has 0 spiro atoms. The second-order valence-electron chi connectivity index (χ2n) is 5.67. The standard InChI is InChI=1S/C14H19Cl2N3O/c1-9-3-10(2)7-19(6-9)8-13(20)18-14-12(16)4-11(15)5-17-14/h4-5,9-10H,3,6-8H2,1-2H3,(H,17,18,20)/t9-,10+. The van der Waals surface area contributed by atoms with E-state index in [1.54, 1.807) is 6.07 Å². The Morgan fingerprint density at radius 3 is 2.65 bits per heavy atom. The van der Waals surface area contributed by atoms with Gasteiger partial charge < -0.3 is 5.32 Å². The molecule has 2 heterocycles. The van der Waals surface area contributed by atoms with Crippen LogP contribution in [0.2, 0.25) is 10.0 Å². The highest BCUT2D eigenvalue weighted by Gasteiger charge is 2.23. The number of nitrogens with one attached hydrogen (secondary N) is 1. The number of aromatic nitrogens is 1. The molecule has 1 saturated heterocycles. The highest BCUT2D eigenvalue weighted by atomic mass is 35.5. The van der Waals surface area contributed by atoms with Crippen LogP contribution in [-0.2, 0) is 4.79 Å². The molecule has 2 rings (SSSR count). The number of rotatable bonds is 3. The maximum Gasteiger partial charge on any atom is 0.239 e. The van der Waals surface area contributed by atoms with E-state index in [4.69, 9.17) is 23.2 Å². The lowest BCUT2D eigenvalue weighted by molar-refractivity contribution is -0.117. The summed E-state index contributed by atoms with van der Waals surface area (Å²) in [5, 5.41) is 3.54. The first kappa shape index (κ1) is 15.5. The summed E-state index contributed by atoms with van der Waals surface area (Å²) in [5.41, 5.74) is 0. The highest BCUT2D eigenvalue weighted by molar-refractivity contribution is 6.36. The molecule has 6 heteroatoms. The summed E-state index contributed by atoms with van der Waals surface area (Å²) in [4.78, 5) is 18.3. The molecular weight excluding hydrogens is 297 g/mol. The summed E-state index contributed by atoms with van der Waals surface area (Å²) in [6, 6.07) is 1.57. The number of pyridine rings is 1. The SMILES string of the molecule is C[C@@H]1C[C@H](C)CN(CC(=O)Nc2ncc(Cl)cc2Cl)C1. The van der Waals surface area contributed by atoms with Crippen LogP contribution >= 0.6 is 23.2 Å². The molecule has 20 heavy (non-hydrogen) atoms. The van der Waals surface area contributed by atoms with Gasteiger partial charge in [0.15, 0.2) is 5.82 Å². The fraction of sp³-hybridized carbons (Fsp3) is 0.571. The van der Waals surface area contributed by atoms with Gasteiger partial charge >= 0.3 is 0 Å². The van der Waals surface area contributed by atoms with Crippen LogP contribution < -0.4 is 5.32 Å². The molecule has 2 atom stereocenters. The van der Waals surface area contributed by atoms with Crippen LogP contribution in [0.3, 0.4) is 0 Å². The van der Waals surface area contributed by atoms with Crippen LogP contribution in [0, 0.1) is 11.8 Å². The average Bonchev–Trinajstić information content (AvgIpc) is 2.31. The third-order valence-electron chi connectivity index (χ3n) is 3.38. The van der Waals surface area contributed by atoms with Crippen molar-refractivity contribution in [3.05, 3.63) is 22.3 Å². The second kappa shape index (κ2) is 6.74. The number of nitrogens with zero attached hydrogens (tertiary/aromatic N) is 2. The van der Waals surface area contributed by atoms with Crippen molar-refractivity contribution in [2.75, 3.05) is 25.0 Å². The van der Waals surface area contributed by atoms with Crippen LogP contribution in [0.25, 0.3) is 0 Å². The number of hydrogen-bond acceptors (Lipinski definition) is 3. The van der Waals surface area contributed by atoms with Crippen LogP contribution in [0.1, 0.15) is 20.3 Å². The molecule has 0 bridgehead atoms. The van der Waals surface area contributed by atoms with Gasteiger partial charge in [0.25, 0.3) is 0 Å². The van der Waals surface area contributed by atoms with Crippen LogP contribution in [0.4, 0.5) is 5.82 Å². The zero-order valence-corrected chi connectivity index (χ0v) is 13.2. The summed E-state index contributed by atoms with van der Waals surface area (Å²) in [6.45, 7) is 6.73. The minimum absolute atomic E-state index is 0.0944. The van der Waals surface area contributed by atoms with E-state index in [9.17, 15) is 4.79 Å². The smallest absolute Gasteiger partial charge is 0.239 e. The van der Waals surface area contributed by atoms with Gasteiger partial charge in [0.2, 0.25) is 5.91 Å². The zero-order chi connectivity index (χ0) is 14.7. The van der Waals surface area contributed by atoms with E-state index in [0.29, 0.717) is 34.2 Å². The van der Waals surface area contributed by atoms with Crippen molar-refractivity contribution < 1.29 is 4.79 Å². The minimum atomic E-state index is -0.0944. The molecule has 1 aliphatic heterocycles. The number of likely N-dealkylation sites (tertiary alicyclic amines) is 1. The molecular formula is C14H19Cl2N3O. The van der Waals surface area contributed by atoms with E-state index in [0.717, 1.165) is 13.1 Å². The molecule has 1 fully saturated rings. The van der Waals surface area contributed by atoms with Gasteiger partial charge in [-0.3, -0.25) is 9.69 Å². The fourth-order valence-corrected chi connectivity index (χ4v) is 3.23. The van der Waals surface area contributed by atoms with Crippen molar-refractivity contribution in [3.63, 3.8) is 0 Å². The average molecular weight is 316 g/mol. The number of halogens is 2. The van der Waals surface area contributed by atoms with Gasteiger partial charge in [-0.25, -0.2) is 4.98 Å². The lowest BCUT2D eigenvalue weighted by Crippen LogP contribution is -2.42. The van der Waals surface area contributed by atoms with Gasteiger partial charge in [0.05, 0.1) is 16.6 Å². The largest absolute Gasteiger partial charge is 0.308 e. The number of carbonyl (C=O) groups is 1. The number of hydrogen-bond donors (Lipinski definition) is 1. The Kier molecular flexibility index (Phi) is 5.24. The highest BCUT2D eigenvalue weighted by Crippen LogP contribution is 2.23. The molecule has 110 valence electrons. The van der Waals surface area contributed by atoms with Crippen molar-refractivity contribution in [2.45, 2.75) is 20.3 Å².